The summed E-state index contributed by atoms with van der Waals surface area (Å²) < 4.78 is 5.72. The molecule has 0 bridgehead atoms. The predicted octanol–water partition coefficient (Wildman–Crippen LogP) is 5.86. The Labute approximate surface area is 165 Å². The van der Waals surface area contributed by atoms with Crippen LogP contribution in [0.2, 0.25) is 0 Å². The van der Waals surface area contributed by atoms with Crippen molar-refractivity contribution in [1.29, 1.82) is 0 Å². The maximum absolute atomic E-state index is 5.72. The number of hydrogen-bond donors (Lipinski definition) is 0. The summed E-state index contributed by atoms with van der Waals surface area (Å²) in [5, 5.41) is 1.07. The molecule has 1 saturated heterocycles. The van der Waals surface area contributed by atoms with E-state index in [9.17, 15) is 0 Å². The molecule has 0 aliphatic carbocycles. The third kappa shape index (κ3) is 4.57. The Kier molecular flexibility index (Phi) is 5.55. The van der Waals surface area contributed by atoms with Crippen LogP contribution in [0, 0.1) is 0 Å². The third-order valence-corrected chi connectivity index (χ3v) is 5.92. The lowest BCUT2D eigenvalue weighted by Crippen LogP contribution is -2.18. The van der Waals surface area contributed by atoms with Gasteiger partial charge in [0.15, 0.2) is 0 Å². The molecule has 4 heteroatoms. The molecule has 1 aromatic heterocycles. The molecule has 0 spiro atoms. The molecule has 2 aromatic carbocycles. The lowest BCUT2D eigenvalue weighted by molar-refractivity contribution is 0.242. The fourth-order valence-electron chi connectivity index (χ4n) is 3.46. The molecule has 2 heterocycles. The van der Waals surface area contributed by atoms with Gasteiger partial charge in [-0.1, -0.05) is 24.3 Å². The zero-order valence-corrected chi connectivity index (χ0v) is 16.8. The van der Waals surface area contributed by atoms with E-state index < -0.39 is 0 Å². The van der Waals surface area contributed by atoms with E-state index in [4.69, 9.17) is 4.74 Å². The molecule has 140 valence electrons. The quantitative estimate of drug-likeness (QED) is 0.537. The van der Waals surface area contributed by atoms with Gasteiger partial charge in [0.1, 0.15) is 10.8 Å². The lowest BCUT2D eigenvalue weighted by atomic mass is 10.1. The van der Waals surface area contributed by atoms with Gasteiger partial charge in [0.2, 0.25) is 0 Å². The number of thiazole rings is 1. The van der Waals surface area contributed by atoms with E-state index in [1.54, 1.807) is 11.3 Å². The molecule has 0 unspecified atom stereocenters. The fourth-order valence-corrected chi connectivity index (χ4v) is 4.39. The monoisotopic (exact) mass is 378 g/mol. The molecule has 3 aromatic rings. The van der Waals surface area contributed by atoms with E-state index in [1.165, 1.54) is 47.5 Å². The molecule has 0 radical (unpaired) electrons. The van der Waals surface area contributed by atoms with Crippen LogP contribution in [0.15, 0.2) is 54.7 Å². The van der Waals surface area contributed by atoms with Crippen molar-refractivity contribution in [2.24, 2.45) is 0 Å². The van der Waals surface area contributed by atoms with Gasteiger partial charge in [-0.15, -0.1) is 11.3 Å². The number of aromatic nitrogens is 1. The van der Waals surface area contributed by atoms with Crippen LogP contribution in [0.25, 0.3) is 21.0 Å². The van der Waals surface area contributed by atoms with Crippen molar-refractivity contribution in [2.75, 3.05) is 13.1 Å². The van der Waals surface area contributed by atoms with Crippen LogP contribution in [-0.2, 0) is 6.54 Å². The molecule has 1 aliphatic rings. The van der Waals surface area contributed by atoms with Crippen molar-refractivity contribution in [3.8, 4) is 26.8 Å². The fraction of sp³-hybridized carbons (Fsp3) is 0.348. The van der Waals surface area contributed by atoms with Gasteiger partial charge in [-0.25, -0.2) is 4.98 Å². The molecule has 0 atom stereocenters. The van der Waals surface area contributed by atoms with E-state index in [0.717, 1.165) is 17.3 Å². The van der Waals surface area contributed by atoms with Crippen LogP contribution in [0.5, 0.6) is 5.75 Å². The van der Waals surface area contributed by atoms with Crippen molar-refractivity contribution in [3.63, 3.8) is 0 Å². The van der Waals surface area contributed by atoms with Crippen molar-refractivity contribution in [2.45, 2.75) is 39.3 Å². The van der Waals surface area contributed by atoms with E-state index in [2.05, 4.69) is 46.3 Å². The molecule has 4 rings (SSSR count). The number of benzene rings is 2. The van der Waals surface area contributed by atoms with Gasteiger partial charge in [-0.05, 0) is 75.2 Å². The Bertz CT molecular complexity index is 862. The number of likely N-dealkylation sites (tertiary alicyclic amines) is 1. The SMILES string of the molecule is CC(C)Oc1ccc(-c2cnc(-c3ccc(CN4CCCC4)cc3)s2)cc1. The van der Waals surface area contributed by atoms with E-state index in [-0.39, 0.29) is 6.10 Å². The third-order valence-electron chi connectivity index (χ3n) is 4.82. The summed E-state index contributed by atoms with van der Waals surface area (Å²) in [6.07, 6.45) is 4.84. The molecular weight excluding hydrogens is 352 g/mol. The van der Waals surface area contributed by atoms with Crippen molar-refractivity contribution < 1.29 is 4.74 Å². The molecule has 1 aliphatic heterocycles. The summed E-state index contributed by atoms with van der Waals surface area (Å²) in [5.41, 5.74) is 3.76. The summed E-state index contributed by atoms with van der Waals surface area (Å²) in [7, 11) is 0. The van der Waals surface area contributed by atoms with Crippen molar-refractivity contribution in [1.82, 2.24) is 9.88 Å². The Morgan fingerprint density at radius 3 is 2.30 bits per heavy atom. The number of nitrogens with zero attached hydrogens (tertiary/aromatic N) is 2. The van der Waals surface area contributed by atoms with Crippen LogP contribution >= 0.6 is 11.3 Å². The first-order chi connectivity index (χ1) is 13.2. The second-order valence-corrected chi connectivity index (χ2v) is 8.43. The Balaban J connectivity index is 1.45. The van der Waals surface area contributed by atoms with Gasteiger partial charge in [0.05, 0.1) is 11.0 Å². The smallest absolute Gasteiger partial charge is 0.123 e. The van der Waals surface area contributed by atoms with Gasteiger partial charge in [0, 0.05) is 18.3 Å². The second-order valence-electron chi connectivity index (χ2n) is 7.40. The highest BCUT2D eigenvalue weighted by Gasteiger charge is 2.12. The number of hydrogen-bond acceptors (Lipinski definition) is 4. The summed E-state index contributed by atoms with van der Waals surface area (Å²) in [6.45, 7) is 7.62. The maximum atomic E-state index is 5.72. The van der Waals surface area contributed by atoms with Gasteiger partial charge >= 0.3 is 0 Å². The van der Waals surface area contributed by atoms with E-state index in [1.807, 2.05) is 32.2 Å². The van der Waals surface area contributed by atoms with Gasteiger partial charge < -0.3 is 4.74 Å². The van der Waals surface area contributed by atoms with Crippen molar-refractivity contribution in [3.05, 3.63) is 60.3 Å². The lowest BCUT2D eigenvalue weighted by Gasteiger charge is -2.14. The minimum atomic E-state index is 0.194. The summed E-state index contributed by atoms with van der Waals surface area (Å²) >= 11 is 1.74. The van der Waals surface area contributed by atoms with Gasteiger partial charge in [0.25, 0.3) is 0 Å². The summed E-state index contributed by atoms with van der Waals surface area (Å²) in [5.74, 6) is 0.909. The Hall–Kier alpha value is -2.17. The largest absolute Gasteiger partial charge is 0.491 e. The maximum Gasteiger partial charge on any atom is 0.123 e. The van der Waals surface area contributed by atoms with E-state index >= 15 is 0 Å². The Morgan fingerprint density at radius 1 is 0.963 bits per heavy atom. The summed E-state index contributed by atoms with van der Waals surface area (Å²) in [6, 6.07) is 17.2. The average molecular weight is 379 g/mol. The number of ether oxygens (including phenoxy) is 1. The zero-order valence-electron chi connectivity index (χ0n) is 16.0. The molecule has 0 amide bonds. The van der Waals surface area contributed by atoms with E-state index in [0.29, 0.717) is 0 Å². The van der Waals surface area contributed by atoms with Gasteiger partial charge in [-0.2, -0.15) is 0 Å². The highest BCUT2D eigenvalue weighted by Crippen LogP contribution is 2.33. The molecule has 1 fully saturated rings. The minimum absolute atomic E-state index is 0.194. The van der Waals surface area contributed by atoms with Gasteiger partial charge in [-0.3, -0.25) is 4.90 Å². The minimum Gasteiger partial charge on any atom is -0.491 e. The first-order valence-electron chi connectivity index (χ1n) is 9.72. The topological polar surface area (TPSA) is 25.4 Å². The highest BCUT2D eigenvalue weighted by atomic mass is 32.1. The average Bonchev–Trinajstić information content (AvgIpc) is 3.35. The summed E-state index contributed by atoms with van der Waals surface area (Å²) in [4.78, 5) is 8.36. The van der Waals surface area contributed by atoms with Crippen LogP contribution in [-0.4, -0.2) is 29.1 Å². The predicted molar refractivity (Wildman–Crippen MR) is 113 cm³/mol. The van der Waals surface area contributed by atoms with Crippen LogP contribution in [0.4, 0.5) is 0 Å². The molecular formula is C23H26N2OS. The molecule has 0 N–H and O–H groups in total. The highest BCUT2D eigenvalue weighted by molar-refractivity contribution is 7.18. The first-order valence-corrected chi connectivity index (χ1v) is 10.5. The van der Waals surface area contributed by atoms with Crippen LogP contribution in [0.1, 0.15) is 32.3 Å². The molecule has 3 nitrogen and oxygen atoms in total. The first kappa shape index (κ1) is 18.2. The molecule has 27 heavy (non-hydrogen) atoms. The standard InChI is InChI=1S/C23H26N2OS/c1-17(2)26-21-11-9-19(10-12-21)22-15-24-23(27-22)20-7-5-18(6-8-20)16-25-13-3-4-14-25/h5-12,15,17H,3-4,13-14,16H2,1-2H3. The number of rotatable bonds is 6. The van der Waals surface area contributed by atoms with Crippen LogP contribution < -0.4 is 4.74 Å². The zero-order chi connectivity index (χ0) is 18.6. The van der Waals surface area contributed by atoms with Crippen molar-refractivity contribution >= 4 is 11.3 Å². The normalized spacial score (nSPS) is 14.8. The molecule has 0 saturated carbocycles. The Morgan fingerprint density at radius 2 is 1.63 bits per heavy atom. The van der Waals surface area contributed by atoms with Crippen LogP contribution in [0.3, 0.4) is 0 Å². The second kappa shape index (κ2) is 8.24.